The Bertz CT molecular complexity index is 344. The van der Waals surface area contributed by atoms with Crippen LogP contribution in [0.15, 0.2) is 0 Å². The number of hydrogen-bond donors (Lipinski definition) is 1. The lowest BCUT2D eigenvalue weighted by atomic mass is 9.90. The minimum Gasteiger partial charge on any atom is -0.388 e. The third kappa shape index (κ3) is 4.20. The molecular formula is C17H32N2O3. The first kappa shape index (κ1) is 16.7. The molecule has 5 nitrogen and oxygen atoms in total. The summed E-state index contributed by atoms with van der Waals surface area (Å²) < 4.78 is 11.5. The predicted molar refractivity (Wildman–Crippen MR) is 86.0 cm³/mol. The normalized spacial score (nSPS) is 34.5. The molecule has 3 fully saturated rings. The Morgan fingerprint density at radius 1 is 1.00 bits per heavy atom. The number of piperidine rings is 2. The molecule has 1 aliphatic carbocycles. The molecule has 0 bridgehead atoms. The summed E-state index contributed by atoms with van der Waals surface area (Å²) in [6.07, 6.45) is 7.37. The summed E-state index contributed by atoms with van der Waals surface area (Å²) >= 11 is 0. The van der Waals surface area contributed by atoms with Crippen LogP contribution in [0.25, 0.3) is 0 Å². The molecule has 0 unspecified atom stereocenters. The lowest BCUT2D eigenvalue weighted by Crippen LogP contribution is -2.52. The van der Waals surface area contributed by atoms with Gasteiger partial charge in [-0.25, -0.2) is 0 Å². The van der Waals surface area contributed by atoms with E-state index in [-0.39, 0.29) is 0 Å². The molecule has 128 valence electrons. The highest BCUT2D eigenvalue weighted by atomic mass is 16.5. The van der Waals surface area contributed by atoms with Gasteiger partial charge in [-0.1, -0.05) is 0 Å². The van der Waals surface area contributed by atoms with Crippen LogP contribution in [0.1, 0.15) is 38.5 Å². The second kappa shape index (κ2) is 7.14. The number of aliphatic hydroxyl groups is 1. The number of rotatable bonds is 5. The second-order valence-corrected chi connectivity index (χ2v) is 7.59. The van der Waals surface area contributed by atoms with Crippen molar-refractivity contribution in [2.45, 2.75) is 62.4 Å². The average Bonchev–Trinajstić information content (AvgIpc) is 2.47. The van der Waals surface area contributed by atoms with Gasteiger partial charge in [0.05, 0.1) is 23.9 Å². The summed E-state index contributed by atoms with van der Waals surface area (Å²) in [6, 6.07) is 0. The van der Waals surface area contributed by atoms with Gasteiger partial charge in [0.25, 0.3) is 0 Å². The zero-order valence-corrected chi connectivity index (χ0v) is 14.2. The van der Waals surface area contributed by atoms with Gasteiger partial charge in [-0.05, 0) is 45.6 Å². The van der Waals surface area contributed by atoms with Gasteiger partial charge < -0.3 is 24.4 Å². The van der Waals surface area contributed by atoms with Crippen molar-refractivity contribution < 1.29 is 14.6 Å². The molecule has 0 atom stereocenters. The molecular weight excluding hydrogens is 280 g/mol. The second-order valence-electron chi connectivity index (χ2n) is 7.59. The monoisotopic (exact) mass is 312 g/mol. The fourth-order valence-electron chi connectivity index (χ4n) is 3.91. The van der Waals surface area contributed by atoms with Crippen LogP contribution in [0.4, 0.5) is 0 Å². The summed E-state index contributed by atoms with van der Waals surface area (Å²) in [7, 11) is 3.92. The van der Waals surface area contributed by atoms with Gasteiger partial charge in [0.1, 0.15) is 0 Å². The highest BCUT2D eigenvalue weighted by Crippen LogP contribution is 2.30. The first-order chi connectivity index (χ1) is 10.6. The molecule has 0 aromatic heterocycles. The van der Waals surface area contributed by atoms with Gasteiger partial charge in [-0.2, -0.15) is 0 Å². The molecule has 22 heavy (non-hydrogen) atoms. The highest BCUT2D eigenvalue weighted by molar-refractivity contribution is 4.90. The first-order valence-electron chi connectivity index (χ1n) is 8.88. The topological polar surface area (TPSA) is 45.2 Å². The Morgan fingerprint density at radius 2 is 1.64 bits per heavy atom. The number of nitrogens with zero attached hydrogens (tertiary/aromatic N) is 2. The zero-order chi connectivity index (χ0) is 15.6. The van der Waals surface area contributed by atoms with E-state index in [0.29, 0.717) is 18.3 Å². The SMILES string of the molecule is CO[C@H]1C[C@H](OC2CCN(CC3(O)CCN(C)CC3)CC2)C1. The van der Waals surface area contributed by atoms with Crippen molar-refractivity contribution in [2.24, 2.45) is 0 Å². The van der Waals surface area contributed by atoms with Crippen LogP contribution >= 0.6 is 0 Å². The van der Waals surface area contributed by atoms with Crippen molar-refractivity contribution in [1.82, 2.24) is 9.80 Å². The Kier molecular flexibility index (Phi) is 5.40. The van der Waals surface area contributed by atoms with E-state index in [2.05, 4.69) is 16.8 Å². The van der Waals surface area contributed by atoms with Crippen molar-refractivity contribution in [1.29, 1.82) is 0 Å². The van der Waals surface area contributed by atoms with E-state index in [1.807, 2.05) is 0 Å². The largest absolute Gasteiger partial charge is 0.388 e. The van der Waals surface area contributed by atoms with E-state index in [0.717, 1.165) is 71.2 Å². The summed E-state index contributed by atoms with van der Waals surface area (Å²) in [5, 5.41) is 10.7. The van der Waals surface area contributed by atoms with E-state index in [9.17, 15) is 5.11 Å². The van der Waals surface area contributed by atoms with Crippen LogP contribution in [-0.2, 0) is 9.47 Å². The summed E-state index contributed by atoms with van der Waals surface area (Å²) in [4.78, 5) is 4.74. The van der Waals surface area contributed by atoms with Gasteiger partial charge in [-0.3, -0.25) is 0 Å². The Hall–Kier alpha value is -0.200. The van der Waals surface area contributed by atoms with E-state index >= 15 is 0 Å². The molecule has 0 spiro atoms. The van der Waals surface area contributed by atoms with Crippen LogP contribution in [0.3, 0.4) is 0 Å². The fraction of sp³-hybridized carbons (Fsp3) is 1.00. The van der Waals surface area contributed by atoms with E-state index in [1.54, 1.807) is 7.11 Å². The van der Waals surface area contributed by atoms with Crippen LogP contribution in [-0.4, -0.2) is 85.7 Å². The number of likely N-dealkylation sites (tertiary alicyclic amines) is 2. The maximum atomic E-state index is 10.7. The van der Waals surface area contributed by atoms with Crippen molar-refractivity contribution in [3.8, 4) is 0 Å². The van der Waals surface area contributed by atoms with Crippen LogP contribution in [0.5, 0.6) is 0 Å². The van der Waals surface area contributed by atoms with Gasteiger partial charge in [-0.15, -0.1) is 0 Å². The molecule has 0 aromatic carbocycles. The standard InChI is InChI=1S/C17H32N2O3/c1-18-9-5-17(20,6-10-18)13-19-7-3-14(4-8-19)22-16-11-15(12-16)21-2/h14-16,20H,3-13H2,1-2H3/t15-,16-. The maximum absolute atomic E-state index is 10.7. The van der Waals surface area contributed by atoms with Gasteiger partial charge >= 0.3 is 0 Å². The van der Waals surface area contributed by atoms with Crippen molar-refractivity contribution in [3.05, 3.63) is 0 Å². The van der Waals surface area contributed by atoms with Crippen LogP contribution in [0, 0.1) is 0 Å². The summed E-state index contributed by atoms with van der Waals surface area (Å²) in [6.45, 7) is 4.98. The molecule has 0 amide bonds. The van der Waals surface area contributed by atoms with Crippen molar-refractivity contribution in [2.75, 3.05) is 46.9 Å². The van der Waals surface area contributed by atoms with E-state index < -0.39 is 5.60 Å². The number of β-amino-alcohol motifs (C(OH)–C–C–N with tert-alkyl or cyclic N) is 1. The first-order valence-corrected chi connectivity index (χ1v) is 8.88. The van der Waals surface area contributed by atoms with Gasteiger partial charge in [0.2, 0.25) is 0 Å². The molecule has 2 heterocycles. The Balaban J connectivity index is 1.35. The minimum atomic E-state index is -0.472. The molecule has 2 saturated heterocycles. The van der Waals surface area contributed by atoms with Gasteiger partial charge in [0, 0.05) is 39.8 Å². The molecule has 1 N–H and O–H groups in total. The minimum absolute atomic E-state index is 0.409. The average molecular weight is 312 g/mol. The molecule has 3 rings (SSSR count). The molecule has 2 aliphatic heterocycles. The Morgan fingerprint density at radius 3 is 2.23 bits per heavy atom. The maximum Gasteiger partial charge on any atom is 0.0798 e. The van der Waals surface area contributed by atoms with Crippen LogP contribution < -0.4 is 0 Å². The number of ether oxygens (including phenoxy) is 2. The third-order valence-corrected chi connectivity index (χ3v) is 5.74. The molecule has 1 saturated carbocycles. The molecule has 0 radical (unpaired) electrons. The smallest absolute Gasteiger partial charge is 0.0798 e. The van der Waals surface area contributed by atoms with Crippen molar-refractivity contribution >= 4 is 0 Å². The lowest BCUT2D eigenvalue weighted by Gasteiger charge is -2.43. The zero-order valence-electron chi connectivity index (χ0n) is 14.2. The fourth-order valence-corrected chi connectivity index (χ4v) is 3.91. The van der Waals surface area contributed by atoms with E-state index in [4.69, 9.17) is 9.47 Å². The predicted octanol–water partition coefficient (Wildman–Crippen LogP) is 1.10. The summed E-state index contributed by atoms with van der Waals surface area (Å²) in [5.41, 5.74) is -0.472. The lowest BCUT2D eigenvalue weighted by molar-refractivity contribution is -0.129. The molecule has 3 aliphatic rings. The van der Waals surface area contributed by atoms with Crippen LogP contribution in [0.2, 0.25) is 0 Å². The summed E-state index contributed by atoms with van der Waals surface area (Å²) in [5.74, 6) is 0. The highest BCUT2D eigenvalue weighted by Gasteiger charge is 2.36. The number of methoxy groups -OCH3 is 1. The van der Waals surface area contributed by atoms with Crippen molar-refractivity contribution in [3.63, 3.8) is 0 Å². The molecule has 5 heteroatoms. The Labute approximate surface area is 134 Å². The van der Waals surface area contributed by atoms with Gasteiger partial charge in [0.15, 0.2) is 0 Å². The third-order valence-electron chi connectivity index (χ3n) is 5.74. The molecule has 0 aromatic rings. The quantitative estimate of drug-likeness (QED) is 0.824. The number of hydrogen-bond acceptors (Lipinski definition) is 5. The van der Waals surface area contributed by atoms with E-state index in [1.165, 1.54) is 0 Å².